The van der Waals surface area contributed by atoms with Gasteiger partial charge >= 0.3 is 0 Å². The summed E-state index contributed by atoms with van der Waals surface area (Å²) in [5.74, 6) is -0.208. The number of rotatable bonds is 17. The monoisotopic (exact) mass is 541 g/mol. The van der Waals surface area contributed by atoms with Crippen molar-refractivity contribution in [1.29, 1.82) is 0 Å². The van der Waals surface area contributed by atoms with Crippen LogP contribution in [0.2, 0.25) is 0 Å². The number of unbranched alkanes of at least 4 members (excludes halogenated alkanes) is 12. The van der Waals surface area contributed by atoms with Crippen LogP contribution in [0.25, 0.3) is 10.8 Å². The normalized spacial score (nSPS) is 12.2. The Morgan fingerprint density at radius 3 is 1.75 bits per heavy atom. The Bertz CT molecular complexity index is 1210. The van der Waals surface area contributed by atoms with Gasteiger partial charge in [0.25, 0.3) is 20.2 Å². The molecule has 3 N–H and O–H groups in total. The van der Waals surface area contributed by atoms with Crippen molar-refractivity contribution in [3.05, 3.63) is 30.3 Å². The highest BCUT2D eigenvalue weighted by atomic mass is 32.2. The predicted molar refractivity (Wildman–Crippen MR) is 143 cm³/mol. The molecule has 0 saturated carbocycles. The van der Waals surface area contributed by atoms with Crippen molar-refractivity contribution in [2.45, 2.75) is 107 Å². The molecule has 36 heavy (non-hydrogen) atoms. The Kier molecular flexibility index (Phi) is 12.3. The lowest BCUT2D eigenvalue weighted by Gasteiger charge is -2.10. The molecule has 0 heterocycles. The van der Waals surface area contributed by atoms with Gasteiger partial charge in [-0.05, 0) is 36.1 Å². The Hall–Kier alpha value is -2.01. The summed E-state index contributed by atoms with van der Waals surface area (Å²) in [7, 11) is -9.46. The second kappa shape index (κ2) is 14.7. The first kappa shape index (κ1) is 30.2. The van der Waals surface area contributed by atoms with E-state index in [4.69, 9.17) is 0 Å². The molecule has 0 atom stereocenters. The molecule has 202 valence electrons. The van der Waals surface area contributed by atoms with Crippen molar-refractivity contribution in [3.8, 4) is 0 Å². The van der Waals surface area contributed by atoms with Gasteiger partial charge in [-0.2, -0.15) is 16.8 Å². The number of nitrogens with one attached hydrogen (secondary N) is 1. The number of amides is 1. The van der Waals surface area contributed by atoms with Crippen molar-refractivity contribution in [2.24, 2.45) is 0 Å². The molecular formula is C26H39NO7S2. The molecule has 0 fully saturated rings. The number of hydrogen-bond donors (Lipinski definition) is 3. The third kappa shape index (κ3) is 10.5. The quantitative estimate of drug-likeness (QED) is 0.149. The van der Waals surface area contributed by atoms with E-state index in [0.29, 0.717) is 18.2 Å². The predicted octanol–water partition coefficient (Wildman–Crippen LogP) is 6.75. The van der Waals surface area contributed by atoms with Crippen LogP contribution in [0.4, 0.5) is 5.69 Å². The molecule has 10 heteroatoms. The molecule has 0 saturated heterocycles. The second-order valence-electron chi connectivity index (χ2n) is 9.35. The molecule has 0 aliphatic rings. The summed E-state index contributed by atoms with van der Waals surface area (Å²) < 4.78 is 65.3. The zero-order valence-electron chi connectivity index (χ0n) is 21.0. The van der Waals surface area contributed by atoms with Crippen LogP contribution in [0.15, 0.2) is 40.1 Å². The smallest absolute Gasteiger partial charge is 0.295 e. The van der Waals surface area contributed by atoms with Crippen molar-refractivity contribution in [1.82, 2.24) is 0 Å². The summed E-state index contributed by atoms with van der Waals surface area (Å²) in [6.45, 7) is 2.23. The summed E-state index contributed by atoms with van der Waals surface area (Å²) in [5.41, 5.74) is 0.326. The zero-order chi connectivity index (χ0) is 26.6. The van der Waals surface area contributed by atoms with E-state index in [-0.39, 0.29) is 16.7 Å². The van der Waals surface area contributed by atoms with Crippen LogP contribution < -0.4 is 5.32 Å². The highest BCUT2D eigenvalue weighted by molar-refractivity contribution is 7.86. The number of carbonyl (C=O) groups excluding carboxylic acids is 1. The fourth-order valence-corrected chi connectivity index (χ4v) is 5.61. The van der Waals surface area contributed by atoms with Gasteiger partial charge in [0, 0.05) is 17.5 Å². The zero-order valence-corrected chi connectivity index (χ0v) is 22.7. The molecule has 2 rings (SSSR count). The number of hydrogen-bond acceptors (Lipinski definition) is 5. The fourth-order valence-electron chi connectivity index (χ4n) is 4.26. The van der Waals surface area contributed by atoms with E-state index in [2.05, 4.69) is 12.2 Å². The molecule has 2 aromatic rings. The van der Waals surface area contributed by atoms with Gasteiger partial charge in [0.2, 0.25) is 5.91 Å². The summed E-state index contributed by atoms with van der Waals surface area (Å²) in [5, 5.41) is 2.92. The summed E-state index contributed by atoms with van der Waals surface area (Å²) >= 11 is 0. The second-order valence-corrected chi connectivity index (χ2v) is 12.2. The largest absolute Gasteiger partial charge is 0.326 e. The lowest BCUT2D eigenvalue weighted by molar-refractivity contribution is -0.116. The van der Waals surface area contributed by atoms with E-state index in [1.807, 2.05) is 0 Å². The molecule has 2 aromatic carbocycles. The van der Waals surface area contributed by atoms with E-state index in [1.54, 1.807) is 0 Å². The van der Waals surface area contributed by atoms with Crippen LogP contribution in [0.1, 0.15) is 96.8 Å². The molecule has 0 radical (unpaired) electrons. The van der Waals surface area contributed by atoms with Gasteiger partial charge in [0.15, 0.2) is 0 Å². The van der Waals surface area contributed by atoms with Crippen molar-refractivity contribution in [3.63, 3.8) is 0 Å². The maximum absolute atomic E-state index is 12.3. The molecule has 1 amide bonds. The fraction of sp³-hybridized carbons (Fsp3) is 0.577. The lowest BCUT2D eigenvalue weighted by Crippen LogP contribution is -2.11. The first-order chi connectivity index (χ1) is 17.0. The molecule has 0 aliphatic carbocycles. The standard InChI is InChI=1S/C26H39NO7S2/c1-2-3-4-5-6-7-8-9-10-11-12-13-14-15-26(28)27-22-17-16-21-18-23(35(29,30)31)20-25(24(21)19-22)36(32,33)34/h16-20H,2-15H2,1H3,(H,27,28)(H,29,30,31)(H,32,33,34). The van der Waals surface area contributed by atoms with E-state index in [9.17, 15) is 30.7 Å². The van der Waals surface area contributed by atoms with Gasteiger partial charge in [-0.3, -0.25) is 13.9 Å². The summed E-state index contributed by atoms with van der Waals surface area (Å²) in [4.78, 5) is 11.0. The van der Waals surface area contributed by atoms with Crippen molar-refractivity contribution < 1.29 is 30.7 Å². The van der Waals surface area contributed by atoms with E-state index in [0.717, 1.165) is 25.3 Å². The van der Waals surface area contributed by atoms with E-state index in [1.165, 1.54) is 82.4 Å². The number of anilines is 1. The molecule has 0 unspecified atom stereocenters. The maximum atomic E-state index is 12.3. The molecule has 8 nitrogen and oxygen atoms in total. The van der Waals surface area contributed by atoms with E-state index >= 15 is 0 Å². The van der Waals surface area contributed by atoms with Gasteiger partial charge in [-0.1, -0.05) is 90.0 Å². The Morgan fingerprint density at radius 1 is 0.722 bits per heavy atom. The van der Waals surface area contributed by atoms with Crippen LogP contribution in [-0.4, -0.2) is 31.8 Å². The van der Waals surface area contributed by atoms with Gasteiger partial charge in [0.05, 0.1) is 4.90 Å². The highest BCUT2D eigenvalue weighted by Crippen LogP contribution is 2.29. The van der Waals surface area contributed by atoms with Crippen LogP contribution in [0.5, 0.6) is 0 Å². The molecule has 0 spiro atoms. The first-order valence-electron chi connectivity index (χ1n) is 12.8. The SMILES string of the molecule is CCCCCCCCCCCCCCCC(=O)Nc1ccc2cc(S(=O)(=O)O)cc(S(=O)(=O)O)c2c1. The van der Waals surface area contributed by atoms with Crippen molar-refractivity contribution in [2.75, 3.05) is 5.32 Å². The minimum Gasteiger partial charge on any atom is -0.326 e. The maximum Gasteiger partial charge on any atom is 0.295 e. The van der Waals surface area contributed by atoms with Gasteiger partial charge in [0.1, 0.15) is 4.90 Å². The third-order valence-corrected chi connectivity index (χ3v) is 7.98. The first-order valence-corrected chi connectivity index (χ1v) is 15.7. The Balaban J connectivity index is 1.77. The number of carbonyl (C=O) groups is 1. The van der Waals surface area contributed by atoms with E-state index < -0.39 is 30.0 Å². The van der Waals surface area contributed by atoms with Gasteiger partial charge in [-0.15, -0.1) is 0 Å². The number of fused-ring (bicyclic) bond motifs is 1. The molecule has 0 bridgehead atoms. The average Bonchev–Trinajstić information content (AvgIpc) is 2.80. The van der Waals surface area contributed by atoms with Crippen LogP contribution in [0, 0.1) is 0 Å². The van der Waals surface area contributed by atoms with Crippen LogP contribution in [-0.2, 0) is 25.0 Å². The third-order valence-electron chi connectivity index (χ3n) is 6.26. The summed E-state index contributed by atoms with van der Waals surface area (Å²) in [6.07, 6.45) is 16.1. The van der Waals surface area contributed by atoms with Crippen LogP contribution >= 0.6 is 0 Å². The Labute approximate surface area is 215 Å². The molecular weight excluding hydrogens is 502 g/mol. The highest BCUT2D eigenvalue weighted by Gasteiger charge is 2.20. The minimum atomic E-state index is -4.78. The molecule has 0 aromatic heterocycles. The topological polar surface area (TPSA) is 138 Å². The van der Waals surface area contributed by atoms with Gasteiger partial charge in [-0.25, -0.2) is 0 Å². The van der Waals surface area contributed by atoms with Crippen molar-refractivity contribution >= 4 is 42.6 Å². The van der Waals surface area contributed by atoms with Crippen LogP contribution in [0.3, 0.4) is 0 Å². The number of benzene rings is 2. The Morgan fingerprint density at radius 2 is 1.25 bits per heavy atom. The summed E-state index contributed by atoms with van der Waals surface area (Å²) in [6, 6.07) is 6.06. The van der Waals surface area contributed by atoms with Gasteiger partial charge < -0.3 is 5.32 Å². The lowest BCUT2D eigenvalue weighted by atomic mass is 10.0. The minimum absolute atomic E-state index is 0.0312. The average molecular weight is 542 g/mol. The molecule has 0 aliphatic heterocycles.